The van der Waals surface area contributed by atoms with E-state index in [1.165, 1.54) is 0 Å². The minimum Gasteiger partial charge on any atom is -0.367 e. The maximum atomic E-state index is 12.6. The number of aryl methyl sites for hydroxylation is 2. The van der Waals surface area contributed by atoms with Crippen LogP contribution in [0.25, 0.3) is 0 Å². The zero-order valence-electron chi connectivity index (χ0n) is 14.5. The summed E-state index contributed by atoms with van der Waals surface area (Å²) >= 11 is 0. The lowest BCUT2D eigenvalue weighted by Gasteiger charge is -2.34. The molecule has 7 heteroatoms. The number of carbonyl (C=O) groups is 2. The monoisotopic (exact) mass is 334 g/mol. The number of carbonyl (C=O) groups excluding carboxylic acids is 2. The minimum absolute atomic E-state index is 0.00415. The molecule has 1 atom stereocenters. The summed E-state index contributed by atoms with van der Waals surface area (Å²) in [6.45, 7) is 4.38. The van der Waals surface area contributed by atoms with Crippen LogP contribution in [0.4, 0.5) is 0 Å². The highest BCUT2D eigenvalue weighted by Gasteiger charge is 2.29. The molecule has 0 aromatic carbocycles. The Hall–Kier alpha value is -1.89. The first-order valence-electron chi connectivity index (χ1n) is 8.71. The van der Waals surface area contributed by atoms with E-state index in [1.54, 1.807) is 9.80 Å². The fourth-order valence-electron chi connectivity index (χ4n) is 3.43. The Balaban J connectivity index is 1.62. The molecule has 0 unspecified atom stereocenters. The summed E-state index contributed by atoms with van der Waals surface area (Å²) in [7, 11) is 1.94. The number of aromatic nitrogens is 2. The van der Waals surface area contributed by atoms with Gasteiger partial charge in [0.2, 0.25) is 11.8 Å². The van der Waals surface area contributed by atoms with Gasteiger partial charge in [0.1, 0.15) is 11.9 Å². The highest BCUT2D eigenvalue weighted by atomic mass is 16.5. The van der Waals surface area contributed by atoms with Crippen LogP contribution in [0.3, 0.4) is 0 Å². The lowest BCUT2D eigenvalue weighted by molar-refractivity contribution is -0.145. The molecule has 0 spiro atoms. The summed E-state index contributed by atoms with van der Waals surface area (Å²) in [6, 6.07) is 0. The smallest absolute Gasteiger partial charge is 0.242 e. The summed E-state index contributed by atoms with van der Waals surface area (Å²) in [5.41, 5.74) is 0.940. The van der Waals surface area contributed by atoms with Gasteiger partial charge in [-0.1, -0.05) is 6.42 Å². The third kappa shape index (κ3) is 3.77. The van der Waals surface area contributed by atoms with E-state index in [4.69, 9.17) is 4.74 Å². The van der Waals surface area contributed by atoms with Crippen molar-refractivity contribution in [3.63, 3.8) is 0 Å². The molecule has 24 heavy (non-hydrogen) atoms. The van der Waals surface area contributed by atoms with Crippen molar-refractivity contribution < 1.29 is 14.3 Å². The van der Waals surface area contributed by atoms with Crippen LogP contribution in [-0.4, -0.2) is 64.0 Å². The highest BCUT2D eigenvalue weighted by molar-refractivity contribution is 5.85. The van der Waals surface area contributed by atoms with Gasteiger partial charge in [-0.05, 0) is 19.8 Å². The molecule has 2 amide bonds. The number of ether oxygens (including phenoxy) is 1. The Kier molecular flexibility index (Phi) is 5.18. The second kappa shape index (κ2) is 7.34. The number of rotatable bonds is 3. The van der Waals surface area contributed by atoms with E-state index >= 15 is 0 Å². The fourth-order valence-corrected chi connectivity index (χ4v) is 3.43. The molecule has 0 aliphatic carbocycles. The number of hydrogen-bond donors (Lipinski definition) is 0. The molecule has 132 valence electrons. The maximum Gasteiger partial charge on any atom is 0.242 e. The molecule has 2 saturated heterocycles. The van der Waals surface area contributed by atoms with Crippen molar-refractivity contribution in [1.82, 2.24) is 19.4 Å². The van der Waals surface area contributed by atoms with Crippen molar-refractivity contribution in [3.05, 3.63) is 17.7 Å². The predicted molar refractivity (Wildman–Crippen MR) is 88.3 cm³/mol. The van der Waals surface area contributed by atoms with Crippen molar-refractivity contribution in [3.8, 4) is 0 Å². The molecule has 1 aromatic heterocycles. The Labute approximate surface area is 142 Å². The van der Waals surface area contributed by atoms with Gasteiger partial charge in [0.25, 0.3) is 0 Å². The van der Waals surface area contributed by atoms with Crippen LogP contribution in [-0.2, 0) is 21.4 Å². The normalized spacial score (nSPS) is 22.6. The van der Waals surface area contributed by atoms with Crippen molar-refractivity contribution >= 4 is 11.8 Å². The first kappa shape index (κ1) is 17.0. The van der Waals surface area contributed by atoms with E-state index in [0.29, 0.717) is 32.7 Å². The second-order valence-electron chi connectivity index (χ2n) is 6.68. The number of amides is 2. The molecule has 2 aliphatic rings. The SMILES string of the molecule is Cc1cn(C)c([C@H]2CN(C(=O)CN3CCCCCC3=O)CCO2)n1. The average molecular weight is 334 g/mol. The number of hydrogen-bond acceptors (Lipinski definition) is 4. The summed E-state index contributed by atoms with van der Waals surface area (Å²) in [4.78, 5) is 32.7. The van der Waals surface area contributed by atoms with Gasteiger partial charge in [-0.2, -0.15) is 0 Å². The van der Waals surface area contributed by atoms with Crippen LogP contribution in [0.2, 0.25) is 0 Å². The van der Waals surface area contributed by atoms with Crippen LogP contribution >= 0.6 is 0 Å². The largest absolute Gasteiger partial charge is 0.367 e. The minimum atomic E-state index is -0.207. The van der Waals surface area contributed by atoms with Gasteiger partial charge in [0, 0.05) is 32.8 Å². The zero-order valence-corrected chi connectivity index (χ0v) is 14.5. The molecule has 3 rings (SSSR count). The Morgan fingerprint density at radius 1 is 1.33 bits per heavy atom. The quantitative estimate of drug-likeness (QED) is 0.828. The number of likely N-dealkylation sites (tertiary alicyclic amines) is 1. The van der Waals surface area contributed by atoms with Crippen molar-refractivity contribution in [2.75, 3.05) is 32.8 Å². The number of morpholine rings is 1. The van der Waals surface area contributed by atoms with Crippen LogP contribution in [0.5, 0.6) is 0 Å². The molecule has 0 N–H and O–H groups in total. The summed E-state index contributed by atoms with van der Waals surface area (Å²) in [5, 5.41) is 0. The third-order valence-corrected chi connectivity index (χ3v) is 4.74. The summed E-state index contributed by atoms with van der Waals surface area (Å²) in [6.07, 6.45) is 5.29. The first-order valence-corrected chi connectivity index (χ1v) is 8.71. The lowest BCUT2D eigenvalue weighted by atomic mass is 10.2. The Morgan fingerprint density at radius 3 is 2.92 bits per heavy atom. The molecular formula is C17H26N4O3. The molecule has 0 saturated carbocycles. The molecule has 1 aromatic rings. The summed E-state index contributed by atoms with van der Waals surface area (Å²) in [5.74, 6) is 0.950. The van der Waals surface area contributed by atoms with Crippen molar-refractivity contribution in [1.29, 1.82) is 0 Å². The standard InChI is InChI=1S/C17H26N4O3/c1-13-10-19(2)17(18-13)14-11-21(8-9-24-14)16(23)12-20-7-5-3-4-6-15(20)22/h10,14H,3-9,11-12H2,1-2H3/t14-/m1/s1. The maximum absolute atomic E-state index is 12.6. The Morgan fingerprint density at radius 2 is 2.17 bits per heavy atom. The predicted octanol–water partition coefficient (Wildman–Crippen LogP) is 1.03. The van der Waals surface area contributed by atoms with Crippen LogP contribution < -0.4 is 0 Å². The fraction of sp³-hybridized carbons (Fsp3) is 0.706. The molecule has 0 radical (unpaired) electrons. The average Bonchev–Trinajstić information content (AvgIpc) is 2.78. The van der Waals surface area contributed by atoms with E-state index in [1.807, 2.05) is 24.7 Å². The summed E-state index contributed by atoms with van der Waals surface area (Å²) < 4.78 is 7.76. The van der Waals surface area contributed by atoms with Gasteiger partial charge in [-0.15, -0.1) is 0 Å². The van der Waals surface area contributed by atoms with E-state index in [9.17, 15) is 9.59 Å². The van der Waals surface area contributed by atoms with Gasteiger partial charge in [0.05, 0.1) is 25.4 Å². The van der Waals surface area contributed by atoms with Crippen molar-refractivity contribution in [2.24, 2.45) is 7.05 Å². The van der Waals surface area contributed by atoms with Gasteiger partial charge in [-0.25, -0.2) is 4.98 Å². The molecule has 3 heterocycles. The van der Waals surface area contributed by atoms with Gasteiger partial charge in [0.15, 0.2) is 0 Å². The molecule has 2 aliphatic heterocycles. The topological polar surface area (TPSA) is 67.7 Å². The lowest BCUT2D eigenvalue weighted by Crippen LogP contribution is -2.48. The second-order valence-corrected chi connectivity index (χ2v) is 6.68. The molecule has 7 nitrogen and oxygen atoms in total. The Bertz CT molecular complexity index is 613. The van der Waals surface area contributed by atoms with Gasteiger partial charge < -0.3 is 19.1 Å². The first-order chi connectivity index (χ1) is 11.5. The molecular weight excluding hydrogens is 308 g/mol. The zero-order chi connectivity index (χ0) is 17.1. The van der Waals surface area contributed by atoms with Crippen LogP contribution in [0.15, 0.2) is 6.20 Å². The van der Waals surface area contributed by atoms with E-state index in [0.717, 1.165) is 30.8 Å². The van der Waals surface area contributed by atoms with E-state index in [-0.39, 0.29) is 24.5 Å². The van der Waals surface area contributed by atoms with Gasteiger partial charge in [-0.3, -0.25) is 9.59 Å². The third-order valence-electron chi connectivity index (χ3n) is 4.74. The molecule has 0 bridgehead atoms. The molecule has 2 fully saturated rings. The van der Waals surface area contributed by atoms with Gasteiger partial charge >= 0.3 is 0 Å². The number of imidazole rings is 1. The van der Waals surface area contributed by atoms with Crippen molar-refractivity contribution in [2.45, 2.75) is 38.7 Å². The van der Waals surface area contributed by atoms with E-state index in [2.05, 4.69) is 4.98 Å². The number of nitrogens with zero attached hydrogens (tertiary/aromatic N) is 4. The van der Waals surface area contributed by atoms with Crippen LogP contribution in [0.1, 0.15) is 43.3 Å². The van der Waals surface area contributed by atoms with Crippen LogP contribution in [0, 0.1) is 6.92 Å². The van der Waals surface area contributed by atoms with E-state index < -0.39 is 0 Å². The highest BCUT2D eigenvalue weighted by Crippen LogP contribution is 2.22.